The highest BCUT2D eigenvalue weighted by molar-refractivity contribution is 5.64. The SMILES string of the molecule is CCc1nc(-c2ccccc2O)ncc1NCCCN. The molecule has 0 spiro atoms. The van der Waals surface area contributed by atoms with Crippen LogP contribution in [0, 0.1) is 0 Å². The molecule has 106 valence electrons. The van der Waals surface area contributed by atoms with E-state index in [1.807, 2.05) is 19.1 Å². The first kappa shape index (κ1) is 14.3. The van der Waals surface area contributed by atoms with E-state index in [1.54, 1.807) is 18.3 Å². The maximum absolute atomic E-state index is 9.86. The smallest absolute Gasteiger partial charge is 0.163 e. The summed E-state index contributed by atoms with van der Waals surface area (Å²) in [5, 5.41) is 13.2. The first-order valence-corrected chi connectivity index (χ1v) is 6.84. The normalized spacial score (nSPS) is 10.5. The van der Waals surface area contributed by atoms with Crippen molar-refractivity contribution < 1.29 is 5.11 Å². The molecule has 0 bridgehead atoms. The topological polar surface area (TPSA) is 84.1 Å². The van der Waals surface area contributed by atoms with E-state index in [2.05, 4.69) is 15.3 Å². The van der Waals surface area contributed by atoms with Crippen LogP contribution in [0.4, 0.5) is 5.69 Å². The number of anilines is 1. The molecule has 0 saturated carbocycles. The molecular formula is C15H20N4O. The van der Waals surface area contributed by atoms with Gasteiger partial charge in [-0.2, -0.15) is 0 Å². The van der Waals surface area contributed by atoms with Gasteiger partial charge in [-0.3, -0.25) is 0 Å². The quantitative estimate of drug-likeness (QED) is 0.702. The number of nitrogens with one attached hydrogen (secondary N) is 1. The highest BCUT2D eigenvalue weighted by Crippen LogP contribution is 2.27. The number of nitrogens with zero attached hydrogens (tertiary/aromatic N) is 2. The number of phenolic OH excluding ortho intramolecular Hbond substituents is 1. The van der Waals surface area contributed by atoms with E-state index in [4.69, 9.17) is 5.73 Å². The number of hydrogen-bond donors (Lipinski definition) is 3. The Bertz CT molecular complexity index is 572. The molecule has 2 aromatic rings. The summed E-state index contributed by atoms with van der Waals surface area (Å²) in [6, 6.07) is 7.09. The zero-order chi connectivity index (χ0) is 14.4. The standard InChI is InChI=1S/C15H20N4O/c1-2-12-13(17-9-5-8-16)10-18-15(19-12)11-6-3-4-7-14(11)20/h3-4,6-7,10,17,20H,2,5,8-9,16H2,1H3. The van der Waals surface area contributed by atoms with E-state index >= 15 is 0 Å². The molecule has 0 atom stereocenters. The highest BCUT2D eigenvalue weighted by Gasteiger charge is 2.10. The van der Waals surface area contributed by atoms with Crippen molar-refractivity contribution in [3.05, 3.63) is 36.2 Å². The van der Waals surface area contributed by atoms with Crippen molar-refractivity contribution in [1.82, 2.24) is 9.97 Å². The van der Waals surface area contributed by atoms with Crippen LogP contribution in [0.15, 0.2) is 30.5 Å². The molecule has 20 heavy (non-hydrogen) atoms. The first-order chi connectivity index (χ1) is 9.76. The molecule has 0 aliphatic carbocycles. The van der Waals surface area contributed by atoms with Gasteiger partial charge in [0.05, 0.1) is 23.1 Å². The van der Waals surface area contributed by atoms with E-state index in [9.17, 15) is 5.11 Å². The third-order valence-corrected chi connectivity index (χ3v) is 3.04. The number of aromatic nitrogens is 2. The van der Waals surface area contributed by atoms with Crippen LogP contribution >= 0.6 is 0 Å². The van der Waals surface area contributed by atoms with Crippen molar-refractivity contribution >= 4 is 5.69 Å². The zero-order valence-corrected chi connectivity index (χ0v) is 11.6. The Labute approximate surface area is 118 Å². The third-order valence-electron chi connectivity index (χ3n) is 3.04. The lowest BCUT2D eigenvalue weighted by atomic mass is 10.1. The average molecular weight is 272 g/mol. The molecule has 0 radical (unpaired) electrons. The second kappa shape index (κ2) is 6.86. The number of phenols is 1. The zero-order valence-electron chi connectivity index (χ0n) is 11.6. The summed E-state index contributed by atoms with van der Waals surface area (Å²) in [6.45, 7) is 3.51. The number of nitrogens with two attached hydrogens (primary N) is 1. The summed E-state index contributed by atoms with van der Waals surface area (Å²) in [5.41, 5.74) is 8.00. The Morgan fingerprint density at radius 1 is 1.30 bits per heavy atom. The molecule has 1 aromatic heterocycles. The monoisotopic (exact) mass is 272 g/mol. The van der Waals surface area contributed by atoms with Gasteiger partial charge >= 0.3 is 0 Å². The lowest BCUT2D eigenvalue weighted by Gasteiger charge is -2.11. The Hall–Kier alpha value is -2.14. The summed E-state index contributed by atoms with van der Waals surface area (Å²) in [4.78, 5) is 8.87. The predicted molar refractivity (Wildman–Crippen MR) is 80.7 cm³/mol. The van der Waals surface area contributed by atoms with E-state index in [1.165, 1.54) is 0 Å². The highest BCUT2D eigenvalue weighted by atomic mass is 16.3. The van der Waals surface area contributed by atoms with Crippen LogP contribution in [0.5, 0.6) is 5.75 Å². The molecule has 0 aliphatic rings. The Kier molecular flexibility index (Phi) is 4.90. The Balaban J connectivity index is 2.27. The van der Waals surface area contributed by atoms with Crippen LogP contribution in [-0.2, 0) is 6.42 Å². The largest absolute Gasteiger partial charge is 0.507 e. The molecule has 5 nitrogen and oxygen atoms in total. The Morgan fingerprint density at radius 3 is 2.80 bits per heavy atom. The van der Waals surface area contributed by atoms with Gasteiger partial charge in [-0.05, 0) is 31.5 Å². The third kappa shape index (κ3) is 3.24. The van der Waals surface area contributed by atoms with Gasteiger partial charge < -0.3 is 16.2 Å². The van der Waals surface area contributed by atoms with Gasteiger partial charge in [0.15, 0.2) is 5.82 Å². The molecule has 0 amide bonds. The predicted octanol–water partition coefficient (Wildman–Crippen LogP) is 2.17. The minimum absolute atomic E-state index is 0.193. The van der Waals surface area contributed by atoms with E-state index < -0.39 is 0 Å². The van der Waals surface area contributed by atoms with Crippen LogP contribution in [0.3, 0.4) is 0 Å². The summed E-state index contributed by atoms with van der Waals surface area (Å²) in [7, 11) is 0. The first-order valence-electron chi connectivity index (χ1n) is 6.84. The van der Waals surface area contributed by atoms with Gasteiger partial charge in [-0.15, -0.1) is 0 Å². The lowest BCUT2D eigenvalue weighted by molar-refractivity contribution is 0.477. The molecule has 1 aromatic carbocycles. The van der Waals surface area contributed by atoms with Crippen molar-refractivity contribution in [3.63, 3.8) is 0 Å². The summed E-state index contributed by atoms with van der Waals surface area (Å²) in [5.74, 6) is 0.739. The summed E-state index contributed by atoms with van der Waals surface area (Å²) in [6.07, 6.45) is 3.47. The fourth-order valence-electron chi connectivity index (χ4n) is 1.95. The molecule has 5 heteroatoms. The second-order valence-electron chi connectivity index (χ2n) is 4.49. The van der Waals surface area contributed by atoms with Gasteiger partial charge in [0.2, 0.25) is 0 Å². The maximum Gasteiger partial charge on any atom is 0.163 e. The van der Waals surface area contributed by atoms with Gasteiger partial charge in [-0.1, -0.05) is 19.1 Å². The molecule has 2 rings (SSSR count). The van der Waals surface area contributed by atoms with Gasteiger partial charge in [0.1, 0.15) is 5.75 Å². The lowest BCUT2D eigenvalue weighted by Crippen LogP contribution is -2.11. The second-order valence-corrected chi connectivity index (χ2v) is 4.49. The minimum Gasteiger partial charge on any atom is -0.507 e. The van der Waals surface area contributed by atoms with E-state index in [-0.39, 0.29) is 5.75 Å². The molecule has 0 fully saturated rings. The number of para-hydroxylation sites is 1. The van der Waals surface area contributed by atoms with Crippen LogP contribution in [0.1, 0.15) is 19.0 Å². The number of benzene rings is 1. The number of hydrogen-bond acceptors (Lipinski definition) is 5. The average Bonchev–Trinajstić information content (AvgIpc) is 2.48. The summed E-state index contributed by atoms with van der Waals surface area (Å²) >= 11 is 0. The summed E-state index contributed by atoms with van der Waals surface area (Å²) < 4.78 is 0. The van der Waals surface area contributed by atoms with Gasteiger partial charge in [0.25, 0.3) is 0 Å². The maximum atomic E-state index is 9.86. The van der Waals surface area contributed by atoms with E-state index in [0.29, 0.717) is 17.9 Å². The van der Waals surface area contributed by atoms with Crippen LogP contribution in [0.25, 0.3) is 11.4 Å². The number of aryl methyl sites for hydroxylation is 1. The van der Waals surface area contributed by atoms with Crippen molar-refractivity contribution in [2.24, 2.45) is 5.73 Å². The van der Waals surface area contributed by atoms with Crippen molar-refractivity contribution in [1.29, 1.82) is 0 Å². The molecule has 0 unspecified atom stereocenters. The van der Waals surface area contributed by atoms with Crippen molar-refractivity contribution in [2.45, 2.75) is 19.8 Å². The van der Waals surface area contributed by atoms with Crippen LogP contribution < -0.4 is 11.1 Å². The molecule has 0 aliphatic heterocycles. The molecule has 1 heterocycles. The Morgan fingerprint density at radius 2 is 2.10 bits per heavy atom. The van der Waals surface area contributed by atoms with E-state index in [0.717, 1.165) is 30.8 Å². The van der Waals surface area contributed by atoms with Gasteiger partial charge in [-0.25, -0.2) is 9.97 Å². The molecule has 0 saturated heterocycles. The minimum atomic E-state index is 0.193. The van der Waals surface area contributed by atoms with Gasteiger partial charge in [0, 0.05) is 6.54 Å². The molecule has 4 N–H and O–H groups in total. The van der Waals surface area contributed by atoms with Crippen LogP contribution in [0.2, 0.25) is 0 Å². The molecular weight excluding hydrogens is 252 g/mol. The van der Waals surface area contributed by atoms with Crippen molar-refractivity contribution in [3.8, 4) is 17.1 Å². The van der Waals surface area contributed by atoms with Crippen LogP contribution in [-0.4, -0.2) is 28.2 Å². The fraction of sp³-hybridized carbons (Fsp3) is 0.333. The number of aromatic hydroxyl groups is 1. The fourth-order valence-corrected chi connectivity index (χ4v) is 1.95. The number of rotatable bonds is 6. The van der Waals surface area contributed by atoms with Crippen molar-refractivity contribution in [2.75, 3.05) is 18.4 Å².